The van der Waals surface area contributed by atoms with E-state index in [4.69, 9.17) is 4.98 Å². The largest absolute Gasteiger partial charge is 0.340 e. The lowest BCUT2D eigenvalue weighted by Crippen LogP contribution is -2.47. The molecule has 2 aromatic heterocycles. The van der Waals surface area contributed by atoms with Crippen molar-refractivity contribution in [3.8, 4) is 0 Å². The summed E-state index contributed by atoms with van der Waals surface area (Å²) in [6.45, 7) is 10.0. The molecule has 1 saturated heterocycles. The Balaban J connectivity index is 1.65. The Morgan fingerprint density at radius 1 is 0.844 bits per heavy atom. The van der Waals surface area contributed by atoms with Gasteiger partial charge in [-0.05, 0) is 13.0 Å². The number of anilines is 1. The van der Waals surface area contributed by atoms with Crippen molar-refractivity contribution in [2.45, 2.75) is 84.6 Å². The van der Waals surface area contributed by atoms with E-state index in [9.17, 15) is 9.59 Å². The molecule has 8 heteroatoms. The van der Waals surface area contributed by atoms with Crippen molar-refractivity contribution < 1.29 is 0 Å². The van der Waals surface area contributed by atoms with Gasteiger partial charge in [-0.15, -0.1) is 0 Å². The zero-order valence-corrected chi connectivity index (χ0v) is 20.4. The monoisotopic (exact) mass is 446 g/mol. The molecule has 1 aliphatic heterocycles. The normalized spacial score (nSPS) is 15.2. The third kappa shape index (κ3) is 6.03. The molecule has 1 N–H and O–H groups in total. The first-order chi connectivity index (χ1) is 15.6. The maximum absolute atomic E-state index is 12.7. The van der Waals surface area contributed by atoms with Gasteiger partial charge in [0.15, 0.2) is 11.2 Å². The van der Waals surface area contributed by atoms with Gasteiger partial charge in [0.25, 0.3) is 5.56 Å². The van der Waals surface area contributed by atoms with E-state index < -0.39 is 5.69 Å². The molecule has 3 heterocycles. The first-order valence-electron chi connectivity index (χ1n) is 12.7. The highest BCUT2D eigenvalue weighted by molar-refractivity contribution is 5.74. The number of unbranched alkanes of at least 4 members (excludes halogenated alkanes) is 9. The van der Waals surface area contributed by atoms with Crippen LogP contribution in [-0.2, 0) is 13.6 Å². The van der Waals surface area contributed by atoms with Crippen molar-refractivity contribution in [2.24, 2.45) is 7.05 Å². The van der Waals surface area contributed by atoms with Crippen molar-refractivity contribution in [3.05, 3.63) is 20.8 Å². The Hall–Kier alpha value is -2.09. The number of aromatic nitrogens is 4. The van der Waals surface area contributed by atoms with Crippen molar-refractivity contribution >= 4 is 17.1 Å². The summed E-state index contributed by atoms with van der Waals surface area (Å²) in [5.41, 5.74) is 0.268. The Labute approximate surface area is 191 Å². The van der Waals surface area contributed by atoms with Crippen molar-refractivity contribution in [1.29, 1.82) is 0 Å². The van der Waals surface area contributed by atoms with E-state index in [1.807, 2.05) is 0 Å². The number of nitrogens with zero attached hydrogens (tertiary/aromatic N) is 5. The molecule has 0 bridgehead atoms. The number of likely N-dealkylation sites (N-methyl/N-ethyl adjacent to an activating group) is 1. The van der Waals surface area contributed by atoms with Crippen LogP contribution in [0.4, 0.5) is 5.95 Å². The molecule has 8 nitrogen and oxygen atoms in total. The van der Waals surface area contributed by atoms with E-state index in [2.05, 4.69) is 33.2 Å². The molecule has 0 saturated carbocycles. The van der Waals surface area contributed by atoms with E-state index in [0.29, 0.717) is 11.2 Å². The summed E-state index contributed by atoms with van der Waals surface area (Å²) in [5, 5.41) is 0. The quantitative estimate of drug-likeness (QED) is 0.477. The second-order valence-corrected chi connectivity index (χ2v) is 9.16. The first-order valence-corrected chi connectivity index (χ1v) is 12.7. The van der Waals surface area contributed by atoms with Gasteiger partial charge in [-0.2, -0.15) is 4.98 Å². The van der Waals surface area contributed by atoms with Gasteiger partial charge < -0.3 is 14.4 Å². The fourth-order valence-corrected chi connectivity index (χ4v) is 4.70. The minimum Gasteiger partial charge on any atom is -0.340 e. The Morgan fingerprint density at radius 3 is 2.03 bits per heavy atom. The van der Waals surface area contributed by atoms with Gasteiger partial charge >= 0.3 is 5.69 Å². The van der Waals surface area contributed by atoms with Crippen LogP contribution in [0, 0.1) is 0 Å². The number of aryl methyl sites for hydroxylation is 2. The summed E-state index contributed by atoms with van der Waals surface area (Å²) in [6, 6.07) is 0. The van der Waals surface area contributed by atoms with E-state index in [1.165, 1.54) is 55.9 Å². The fourth-order valence-electron chi connectivity index (χ4n) is 4.70. The van der Waals surface area contributed by atoms with E-state index in [0.717, 1.165) is 58.1 Å². The van der Waals surface area contributed by atoms with Gasteiger partial charge in [0, 0.05) is 39.8 Å². The third-order valence-electron chi connectivity index (χ3n) is 6.82. The van der Waals surface area contributed by atoms with Crippen LogP contribution in [0.25, 0.3) is 11.2 Å². The summed E-state index contributed by atoms with van der Waals surface area (Å²) in [5.74, 6) is 0.832. The molecule has 0 unspecified atom stereocenters. The molecular weight excluding hydrogens is 404 g/mol. The number of aromatic amines is 1. The third-order valence-corrected chi connectivity index (χ3v) is 6.82. The van der Waals surface area contributed by atoms with Crippen LogP contribution in [0.15, 0.2) is 9.59 Å². The second-order valence-electron chi connectivity index (χ2n) is 9.16. The molecule has 2 aromatic rings. The minimum atomic E-state index is -0.409. The predicted octanol–water partition coefficient (Wildman–Crippen LogP) is 3.49. The van der Waals surface area contributed by atoms with Crippen molar-refractivity contribution in [1.82, 2.24) is 24.0 Å². The summed E-state index contributed by atoms with van der Waals surface area (Å²) in [7, 11) is 1.68. The number of hydrogen-bond donors (Lipinski definition) is 1. The van der Waals surface area contributed by atoms with Gasteiger partial charge in [-0.1, -0.05) is 71.6 Å². The highest BCUT2D eigenvalue weighted by atomic mass is 16.2. The Morgan fingerprint density at radius 2 is 1.44 bits per heavy atom. The standard InChI is InChI=1S/C24H42N6O2/c1-4-6-7-8-9-10-11-12-13-14-15-30-20-21(27(3)24(32)26-22(20)31)25-23(30)29-18-16-28(5-2)17-19-29/h4-19H2,1-3H3,(H,26,31,32). The SMILES string of the molecule is CCCCCCCCCCCCn1c(N2CCN(CC)CC2)nc2c1c(=O)[nH]c(=O)n2C. The minimum absolute atomic E-state index is 0.332. The van der Waals surface area contributed by atoms with Crippen LogP contribution in [0.5, 0.6) is 0 Å². The smallest absolute Gasteiger partial charge is 0.329 e. The van der Waals surface area contributed by atoms with Crippen molar-refractivity contribution in [2.75, 3.05) is 37.6 Å². The molecule has 0 amide bonds. The van der Waals surface area contributed by atoms with Crippen molar-refractivity contribution in [3.63, 3.8) is 0 Å². The van der Waals surface area contributed by atoms with Gasteiger partial charge in [-0.3, -0.25) is 14.3 Å². The summed E-state index contributed by atoms with van der Waals surface area (Å²) < 4.78 is 3.51. The molecule has 0 aliphatic carbocycles. The molecule has 32 heavy (non-hydrogen) atoms. The maximum atomic E-state index is 12.7. The maximum Gasteiger partial charge on any atom is 0.329 e. The summed E-state index contributed by atoms with van der Waals surface area (Å²) in [6.07, 6.45) is 12.8. The van der Waals surface area contributed by atoms with Gasteiger partial charge in [0.1, 0.15) is 0 Å². The number of hydrogen-bond acceptors (Lipinski definition) is 5. The summed E-state index contributed by atoms with van der Waals surface area (Å²) in [4.78, 5) is 36.7. The van der Waals surface area contributed by atoms with Crippen LogP contribution in [0.2, 0.25) is 0 Å². The van der Waals surface area contributed by atoms with E-state index >= 15 is 0 Å². The number of imidazole rings is 1. The average molecular weight is 447 g/mol. The topological polar surface area (TPSA) is 79.2 Å². The Bertz CT molecular complexity index is 952. The van der Waals surface area contributed by atoms with Gasteiger partial charge in [0.2, 0.25) is 5.95 Å². The molecule has 0 radical (unpaired) electrons. The van der Waals surface area contributed by atoms with E-state index in [1.54, 1.807) is 7.05 Å². The lowest BCUT2D eigenvalue weighted by Gasteiger charge is -2.34. The lowest BCUT2D eigenvalue weighted by molar-refractivity contribution is 0.269. The Kier molecular flexibility index (Phi) is 9.38. The average Bonchev–Trinajstić information content (AvgIpc) is 3.19. The lowest BCUT2D eigenvalue weighted by atomic mass is 10.1. The molecule has 3 rings (SSSR count). The highest BCUT2D eigenvalue weighted by Crippen LogP contribution is 2.22. The molecule has 0 spiro atoms. The fraction of sp³-hybridized carbons (Fsp3) is 0.792. The van der Waals surface area contributed by atoms with Crippen LogP contribution < -0.4 is 16.1 Å². The molecule has 1 aliphatic rings. The van der Waals surface area contributed by atoms with Gasteiger partial charge in [-0.25, -0.2) is 4.79 Å². The predicted molar refractivity (Wildman–Crippen MR) is 132 cm³/mol. The highest BCUT2D eigenvalue weighted by Gasteiger charge is 2.24. The number of piperazine rings is 1. The summed E-state index contributed by atoms with van der Waals surface area (Å²) >= 11 is 0. The van der Waals surface area contributed by atoms with Crippen LogP contribution in [0.3, 0.4) is 0 Å². The number of nitrogens with one attached hydrogen (secondary N) is 1. The molecular formula is C24H42N6O2. The van der Waals surface area contributed by atoms with Crippen LogP contribution >= 0.6 is 0 Å². The molecule has 0 aromatic carbocycles. The van der Waals surface area contributed by atoms with Crippen LogP contribution in [-0.4, -0.2) is 56.7 Å². The van der Waals surface area contributed by atoms with Crippen LogP contribution in [0.1, 0.15) is 78.1 Å². The zero-order chi connectivity index (χ0) is 22.9. The van der Waals surface area contributed by atoms with Gasteiger partial charge in [0.05, 0.1) is 0 Å². The zero-order valence-electron chi connectivity index (χ0n) is 20.4. The number of H-pyrrole nitrogens is 1. The molecule has 0 atom stereocenters. The second kappa shape index (κ2) is 12.2. The number of fused-ring (bicyclic) bond motifs is 1. The molecule has 1 fully saturated rings. The molecule has 180 valence electrons. The first kappa shape index (κ1) is 24.6. The van der Waals surface area contributed by atoms with E-state index in [-0.39, 0.29) is 5.56 Å². The number of rotatable bonds is 13.